The summed E-state index contributed by atoms with van der Waals surface area (Å²) in [5, 5.41) is 12.4. The van der Waals surface area contributed by atoms with Crippen LogP contribution in [0.5, 0.6) is 0 Å². The van der Waals surface area contributed by atoms with E-state index in [1.165, 1.54) is 37.4 Å². The number of benzene rings is 3. The summed E-state index contributed by atoms with van der Waals surface area (Å²) in [4.78, 5) is 24.2. The van der Waals surface area contributed by atoms with Crippen LogP contribution in [0.4, 0.5) is 11.4 Å². The topological polar surface area (TPSA) is 104 Å². The van der Waals surface area contributed by atoms with Crippen molar-refractivity contribution in [3.63, 3.8) is 0 Å². The molecule has 0 fully saturated rings. The minimum atomic E-state index is -4.00. The maximum Gasteiger partial charge on any atom is 0.337 e. The first-order valence-electron chi connectivity index (χ1n) is 8.88. The Labute approximate surface area is 206 Å². The zero-order valence-corrected chi connectivity index (χ0v) is 21.1. The van der Waals surface area contributed by atoms with E-state index in [-0.39, 0.29) is 21.7 Å². The van der Waals surface area contributed by atoms with Crippen molar-refractivity contribution in [2.75, 3.05) is 16.7 Å². The van der Waals surface area contributed by atoms with Crippen LogP contribution in [-0.4, -0.2) is 32.4 Å². The molecule has 3 aromatic carbocycles. The number of hydrogen-bond acceptors (Lipinski definition) is 4. The molecule has 0 saturated heterocycles. The van der Waals surface area contributed by atoms with Crippen molar-refractivity contribution in [2.45, 2.75) is 4.90 Å². The number of aromatic carboxylic acids is 1. The van der Waals surface area contributed by atoms with Gasteiger partial charge in [-0.05, 0) is 60.7 Å². The third-order valence-electron chi connectivity index (χ3n) is 4.44. The molecule has 3 aromatic rings. The molecule has 0 aliphatic carbocycles. The first kappa shape index (κ1) is 24.2. The van der Waals surface area contributed by atoms with E-state index in [1.807, 2.05) is 0 Å². The molecule has 3 rings (SSSR count). The smallest absolute Gasteiger partial charge is 0.337 e. The van der Waals surface area contributed by atoms with Crippen LogP contribution in [0, 0.1) is 0 Å². The van der Waals surface area contributed by atoms with E-state index in [2.05, 4.69) is 37.2 Å². The number of carboxylic acids is 1. The van der Waals surface area contributed by atoms with Crippen molar-refractivity contribution in [3.8, 4) is 0 Å². The molecule has 0 heterocycles. The maximum atomic E-state index is 13.1. The molecule has 0 aliphatic rings. The summed E-state index contributed by atoms with van der Waals surface area (Å²) in [6, 6.07) is 14.7. The van der Waals surface area contributed by atoms with Crippen molar-refractivity contribution >= 4 is 76.7 Å². The number of carboxylic acid groups (broad SMARTS) is 1. The van der Waals surface area contributed by atoms with Gasteiger partial charge in [0, 0.05) is 26.6 Å². The largest absolute Gasteiger partial charge is 0.478 e. The minimum Gasteiger partial charge on any atom is -0.478 e. The second-order valence-corrected chi connectivity index (χ2v) is 10.8. The summed E-state index contributed by atoms with van der Waals surface area (Å²) in [5.74, 6) is -1.88. The number of carbonyl (C=O) groups excluding carboxylic acids is 1. The van der Waals surface area contributed by atoms with E-state index >= 15 is 0 Å². The van der Waals surface area contributed by atoms with Crippen LogP contribution in [0.2, 0.25) is 5.02 Å². The van der Waals surface area contributed by atoms with E-state index < -0.39 is 21.9 Å². The van der Waals surface area contributed by atoms with Crippen LogP contribution < -0.4 is 9.62 Å². The van der Waals surface area contributed by atoms with Gasteiger partial charge in [-0.3, -0.25) is 9.10 Å². The molecular weight excluding hydrogens is 588 g/mol. The minimum absolute atomic E-state index is 0.0294. The average molecular weight is 603 g/mol. The Morgan fingerprint density at radius 3 is 2.25 bits per heavy atom. The summed E-state index contributed by atoms with van der Waals surface area (Å²) in [6.45, 7) is 0. The number of hydrogen-bond donors (Lipinski definition) is 2. The Hall–Kier alpha value is -2.40. The number of nitrogens with one attached hydrogen (secondary N) is 1. The second-order valence-electron chi connectivity index (χ2n) is 6.57. The molecule has 7 nitrogen and oxygen atoms in total. The molecule has 166 valence electrons. The molecule has 0 bridgehead atoms. The van der Waals surface area contributed by atoms with E-state index in [9.17, 15) is 23.1 Å². The summed E-state index contributed by atoms with van der Waals surface area (Å²) < 4.78 is 28.3. The van der Waals surface area contributed by atoms with Crippen LogP contribution in [0.1, 0.15) is 20.7 Å². The van der Waals surface area contributed by atoms with Gasteiger partial charge in [0.15, 0.2) is 0 Å². The van der Waals surface area contributed by atoms with Crippen molar-refractivity contribution < 1.29 is 23.1 Å². The van der Waals surface area contributed by atoms with Gasteiger partial charge >= 0.3 is 5.97 Å². The fourth-order valence-electron chi connectivity index (χ4n) is 2.79. The Balaban J connectivity index is 1.96. The number of sulfonamides is 1. The van der Waals surface area contributed by atoms with Crippen LogP contribution in [0.15, 0.2) is 74.5 Å². The lowest BCUT2D eigenvalue weighted by Gasteiger charge is -2.20. The Morgan fingerprint density at radius 1 is 0.969 bits per heavy atom. The lowest BCUT2D eigenvalue weighted by Crippen LogP contribution is -2.27. The van der Waals surface area contributed by atoms with Gasteiger partial charge in [-0.2, -0.15) is 0 Å². The Kier molecular flexibility index (Phi) is 7.29. The summed E-state index contributed by atoms with van der Waals surface area (Å²) in [7, 11) is -2.61. The second kappa shape index (κ2) is 9.62. The van der Waals surface area contributed by atoms with Crippen LogP contribution >= 0.6 is 43.5 Å². The third kappa shape index (κ3) is 5.32. The zero-order chi connectivity index (χ0) is 23.6. The molecule has 11 heteroatoms. The third-order valence-corrected chi connectivity index (χ3v) is 7.41. The fourth-order valence-corrected chi connectivity index (χ4v) is 5.19. The molecular formula is C21H15Br2ClN2O5S. The van der Waals surface area contributed by atoms with Gasteiger partial charge in [0.1, 0.15) is 0 Å². The monoisotopic (exact) mass is 600 g/mol. The molecule has 0 saturated carbocycles. The zero-order valence-electron chi connectivity index (χ0n) is 16.3. The van der Waals surface area contributed by atoms with Gasteiger partial charge in [0.2, 0.25) is 0 Å². The van der Waals surface area contributed by atoms with Crippen molar-refractivity contribution in [1.82, 2.24) is 0 Å². The quantitative estimate of drug-likeness (QED) is 0.380. The highest BCUT2D eigenvalue weighted by molar-refractivity contribution is 9.10. The summed E-state index contributed by atoms with van der Waals surface area (Å²) in [6.07, 6.45) is 0. The number of rotatable bonds is 6. The predicted octanol–water partition coefficient (Wildman–Crippen LogP) is 5.64. The van der Waals surface area contributed by atoms with Gasteiger partial charge in [0.25, 0.3) is 15.9 Å². The highest BCUT2D eigenvalue weighted by Gasteiger charge is 2.24. The Bertz CT molecular complexity index is 1310. The maximum absolute atomic E-state index is 13.1. The van der Waals surface area contributed by atoms with Gasteiger partial charge in [-0.25, -0.2) is 13.2 Å². The highest BCUT2D eigenvalue weighted by atomic mass is 79.9. The van der Waals surface area contributed by atoms with Gasteiger partial charge in [-0.1, -0.05) is 43.5 Å². The molecule has 0 spiro atoms. The molecule has 0 aliphatic heterocycles. The van der Waals surface area contributed by atoms with E-state index in [1.54, 1.807) is 30.3 Å². The lowest BCUT2D eigenvalue weighted by atomic mass is 10.1. The number of carbonyl (C=O) groups is 2. The molecule has 32 heavy (non-hydrogen) atoms. The first-order valence-corrected chi connectivity index (χ1v) is 12.3. The number of halogens is 3. The molecule has 0 aromatic heterocycles. The lowest BCUT2D eigenvalue weighted by molar-refractivity contribution is 0.0698. The summed E-state index contributed by atoms with van der Waals surface area (Å²) in [5.41, 5.74) is 0.384. The summed E-state index contributed by atoms with van der Waals surface area (Å²) >= 11 is 12.3. The molecule has 0 unspecified atom stereocenters. The average Bonchev–Trinajstić information content (AvgIpc) is 2.74. The molecule has 2 N–H and O–H groups in total. The van der Waals surface area contributed by atoms with Crippen LogP contribution in [-0.2, 0) is 10.0 Å². The van der Waals surface area contributed by atoms with E-state index in [0.29, 0.717) is 19.7 Å². The van der Waals surface area contributed by atoms with Gasteiger partial charge in [-0.15, -0.1) is 0 Å². The van der Waals surface area contributed by atoms with Gasteiger partial charge in [0.05, 0.1) is 21.8 Å². The van der Waals surface area contributed by atoms with E-state index in [0.717, 1.165) is 4.31 Å². The normalized spacial score (nSPS) is 11.1. The SMILES string of the molecule is CN(c1ccc(Cl)cc1)S(=O)(=O)c1cc(Br)cc(C(=O)Nc2ccc(Br)cc2C(=O)O)c1. The number of amides is 1. The van der Waals surface area contributed by atoms with Crippen molar-refractivity contribution in [3.05, 3.63) is 85.8 Å². The molecule has 0 atom stereocenters. The fraction of sp³-hybridized carbons (Fsp3) is 0.0476. The van der Waals surface area contributed by atoms with Crippen molar-refractivity contribution in [2.24, 2.45) is 0 Å². The van der Waals surface area contributed by atoms with Crippen LogP contribution in [0.25, 0.3) is 0 Å². The predicted molar refractivity (Wildman–Crippen MR) is 130 cm³/mol. The number of nitrogens with zero attached hydrogens (tertiary/aromatic N) is 1. The van der Waals surface area contributed by atoms with Crippen molar-refractivity contribution in [1.29, 1.82) is 0 Å². The number of anilines is 2. The first-order chi connectivity index (χ1) is 15.0. The van der Waals surface area contributed by atoms with Gasteiger partial charge < -0.3 is 10.4 Å². The van der Waals surface area contributed by atoms with Crippen LogP contribution in [0.3, 0.4) is 0 Å². The van der Waals surface area contributed by atoms with E-state index in [4.69, 9.17) is 11.6 Å². The standard InChI is InChI=1S/C21H15Br2ClN2O5S/c1-26(16-5-3-15(24)4-6-16)32(30,31)17-9-12(8-14(23)10-17)20(27)25-19-7-2-13(22)11-18(19)21(28)29/h2-11H,1H3,(H,25,27)(H,28,29). The molecule has 0 radical (unpaired) electrons. The highest BCUT2D eigenvalue weighted by Crippen LogP contribution is 2.28. The Morgan fingerprint density at radius 2 is 1.62 bits per heavy atom. The molecule has 1 amide bonds.